The number of hydrogen-bond acceptors (Lipinski definition) is 2. The SMILES string of the molecule is CC1CN(C(=O)C=Cc2cccc3ccccc23)CC(C)O1. The number of hydrogen-bond donors (Lipinski definition) is 0. The van der Waals surface area contributed by atoms with Crippen LogP contribution in [0.3, 0.4) is 0 Å². The molecule has 0 N–H and O–H groups in total. The number of benzene rings is 2. The van der Waals surface area contributed by atoms with Crippen LogP contribution in [0, 0.1) is 0 Å². The van der Waals surface area contributed by atoms with Gasteiger partial charge in [0.1, 0.15) is 0 Å². The highest BCUT2D eigenvalue weighted by Crippen LogP contribution is 2.20. The van der Waals surface area contributed by atoms with Gasteiger partial charge in [0.2, 0.25) is 5.91 Å². The Morgan fingerprint density at radius 3 is 2.55 bits per heavy atom. The van der Waals surface area contributed by atoms with E-state index >= 15 is 0 Å². The van der Waals surface area contributed by atoms with E-state index in [0.29, 0.717) is 13.1 Å². The number of carbonyl (C=O) groups is 1. The zero-order valence-corrected chi connectivity index (χ0v) is 13.0. The van der Waals surface area contributed by atoms with Crippen LogP contribution >= 0.6 is 0 Å². The van der Waals surface area contributed by atoms with Crippen LogP contribution in [0.25, 0.3) is 16.8 Å². The second kappa shape index (κ2) is 6.32. The minimum absolute atomic E-state index is 0.0509. The minimum atomic E-state index is 0.0509. The van der Waals surface area contributed by atoms with Gasteiger partial charge in [0.15, 0.2) is 0 Å². The van der Waals surface area contributed by atoms with Crippen LogP contribution in [0.2, 0.25) is 0 Å². The molecular formula is C19H21NO2. The van der Waals surface area contributed by atoms with Gasteiger partial charge in [-0.3, -0.25) is 4.79 Å². The van der Waals surface area contributed by atoms with E-state index in [2.05, 4.69) is 18.2 Å². The van der Waals surface area contributed by atoms with Gasteiger partial charge in [0.05, 0.1) is 12.2 Å². The Morgan fingerprint density at radius 1 is 1.09 bits per heavy atom. The molecule has 22 heavy (non-hydrogen) atoms. The highest BCUT2D eigenvalue weighted by Gasteiger charge is 2.24. The maximum absolute atomic E-state index is 12.4. The third-order valence-electron chi connectivity index (χ3n) is 3.96. The largest absolute Gasteiger partial charge is 0.372 e. The molecule has 114 valence electrons. The van der Waals surface area contributed by atoms with Gasteiger partial charge in [-0.25, -0.2) is 0 Å². The van der Waals surface area contributed by atoms with Crippen LogP contribution in [-0.4, -0.2) is 36.1 Å². The van der Waals surface area contributed by atoms with E-state index in [-0.39, 0.29) is 18.1 Å². The monoisotopic (exact) mass is 295 g/mol. The molecule has 2 aromatic rings. The van der Waals surface area contributed by atoms with Crippen molar-refractivity contribution in [1.82, 2.24) is 4.90 Å². The first kappa shape index (κ1) is 14.8. The van der Waals surface area contributed by atoms with Crippen molar-refractivity contribution in [2.75, 3.05) is 13.1 Å². The van der Waals surface area contributed by atoms with E-state index in [9.17, 15) is 4.79 Å². The van der Waals surface area contributed by atoms with E-state index in [0.717, 1.165) is 10.9 Å². The van der Waals surface area contributed by atoms with Gasteiger partial charge in [0, 0.05) is 19.2 Å². The normalized spacial score (nSPS) is 22.4. The number of rotatable bonds is 2. The first-order valence-electron chi connectivity index (χ1n) is 7.73. The summed E-state index contributed by atoms with van der Waals surface area (Å²) in [4.78, 5) is 14.2. The Morgan fingerprint density at radius 2 is 1.77 bits per heavy atom. The number of carbonyl (C=O) groups excluding carboxylic acids is 1. The van der Waals surface area contributed by atoms with Gasteiger partial charge < -0.3 is 9.64 Å². The molecule has 0 aliphatic carbocycles. The molecule has 1 amide bonds. The lowest BCUT2D eigenvalue weighted by Crippen LogP contribution is -2.47. The summed E-state index contributed by atoms with van der Waals surface area (Å²) in [5.41, 5.74) is 1.07. The molecule has 2 atom stereocenters. The first-order valence-corrected chi connectivity index (χ1v) is 7.73. The topological polar surface area (TPSA) is 29.5 Å². The maximum Gasteiger partial charge on any atom is 0.246 e. The molecule has 1 saturated heterocycles. The highest BCUT2D eigenvalue weighted by molar-refractivity contribution is 5.96. The Balaban J connectivity index is 1.79. The predicted molar refractivity (Wildman–Crippen MR) is 89.6 cm³/mol. The summed E-state index contributed by atoms with van der Waals surface area (Å²) in [6, 6.07) is 14.4. The molecule has 0 aromatic heterocycles. The number of fused-ring (bicyclic) bond motifs is 1. The van der Waals surface area contributed by atoms with Crippen molar-refractivity contribution in [3.05, 3.63) is 54.1 Å². The van der Waals surface area contributed by atoms with Gasteiger partial charge in [-0.15, -0.1) is 0 Å². The van der Waals surface area contributed by atoms with Crippen LogP contribution in [-0.2, 0) is 9.53 Å². The fourth-order valence-electron chi connectivity index (χ4n) is 3.02. The summed E-state index contributed by atoms with van der Waals surface area (Å²) in [6.07, 6.45) is 3.78. The third-order valence-corrected chi connectivity index (χ3v) is 3.96. The average Bonchev–Trinajstić information content (AvgIpc) is 2.51. The van der Waals surface area contributed by atoms with E-state index in [1.807, 2.05) is 49.1 Å². The van der Waals surface area contributed by atoms with Crippen molar-refractivity contribution in [2.45, 2.75) is 26.1 Å². The van der Waals surface area contributed by atoms with Gasteiger partial charge in [-0.05, 0) is 36.3 Å². The molecule has 1 fully saturated rings. The number of nitrogens with zero attached hydrogens (tertiary/aromatic N) is 1. The van der Waals surface area contributed by atoms with Crippen molar-refractivity contribution in [3.8, 4) is 0 Å². The van der Waals surface area contributed by atoms with E-state index in [1.54, 1.807) is 6.08 Å². The highest BCUT2D eigenvalue weighted by atomic mass is 16.5. The maximum atomic E-state index is 12.4. The summed E-state index contributed by atoms with van der Waals surface area (Å²) in [5, 5.41) is 2.35. The minimum Gasteiger partial charge on any atom is -0.372 e. The fraction of sp³-hybridized carbons (Fsp3) is 0.316. The van der Waals surface area contributed by atoms with Crippen LogP contribution in [0.5, 0.6) is 0 Å². The predicted octanol–water partition coefficient (Wildman–Crippen LogP) is 3.49. The molecule has 0 saturated carbocycles. The van der Waals surface area contributed by atoms with Gasteiger partial charge in [-0.1, -0.05) is 42.5 Å². The second-order valence-corrected chi connectivity index (χ2v) is 5.90. The fourth-order valence-corrected chi connectivity index (χ4v) is 3.02. The lowest BCUT2D eigenvalue weighted by molar-refractivity contribution is -0.137. The van der Waals surface area contributed by atoms with Gasteiger partial charge in [-0.2, -0.15) is 0 Å². The first-order chi connectivity index (χ1) is 10.6. The molecule has 3 heteroatoms. The zero-order chi connectivity index (χ0) is 15.5. The van der Waals surface area contributed by atoms with Crippen LogP contribution < -0.4 is 0 Å². The molecule has 1 heterocycles. The number of amides is 1. The number of morpholine rings is 1. The summed E-state index contributed by atoms with van der Waals surface area (Å²) in [5.74, 6) is 0.0509. The lowest BCUT2D eigenvalue weighted by Gasteiger charge is -2.34. The lowest BCUT2D eigenvalue weighted by atomic mass is 10.0. The molecule has 1 aliphatic rings. The van der Waals surface area contributed by atoms with Gasteiger partial charge in [0.25, 0.3) is 0 Å². The molecule has 0 bridgehead atoms. The summed E-state index contributed by atoms with van der Waals surface area (Å²) >= 11 is 0. The van der Waals surface area contributed by atoms with E-state index < -0.39 is 0 Å². The molecule has 1 aliphatic heterocycles. The van der Waals surface area contributed by atoms with Crippen molar-refractivity contribution < 1.29 is 9.53 Å². The standard InChI is InChI=1S/C19H21NO2/c1-14-12-20(13-15(2)22-14)19(21)11-10-17-8-5-7-16-6-3-4-9-18(16)17/h3-11,14-15H,12-13H2,1-2H3. The van der Waals surface area contributed by atoms with Crippen LogP contribution in [0.1, 0.15) is 19.4 Å². The second-order valence-electron chi connectivity index (χ2n) is 5.90. The zero-order valence-electron chi connectivity index (χ0n) is 13.0. The third kappa shape index (κ3) is 3.20. The van der Waals surface area contributed by atoms with Crippen molar-refractivity contribution >= 4 is 22.8 Å². The summed E-state index contributed by atoms with van der Waals surface area (Å²) < 4.78 is 5.67. The Kier molecular flexibility index (Phi) is 4.25. The summed E-state index contributed by atoms with van der Waals surface area (Å²) in [7, 11) is 0. The average molecular weight is 295 g/mol. The Hall–Kier alpha value is -2.13. The number of ether oxygens (including phenoxy) is 1. The molecule has 2 aromatic carbocycles. The van der Waals surface area contributed by atoms with Crippen LogP contribution in [0.15, 0.2) is 48.5 Å². The van der Waals surface area contributed by atoms with Crippen molar-refractivity contribution in [1.29, 1.82) is 0 Å². The van der Waals surface area contributed by atoms with Crippen molar-refractivity contribution in [2.24, 2.45) is 0 Å². The molecule has 3 rings (SSSR count). The molecular weight excluding hydrogens is 274 g/mol. The summed E-state index contributed by atoms with van der Waals surface area (Å²) in [6.45, 7) is 5.32. The Labute approximate surface area is 131 Å². The molecule has 2 unspecified atom stereocenters. The van der Waals surface area contributed by atoms with Crippen molar-refractivity contribution in [3.63, 3.8) is 0 Å². The van der Waals surface area contributed by atoms with Crippen LogP contribution in [0.4, 0.5) is 0 Å². The van der Waals surface area contributed by atoms with Gasteiger partial charge >= 0.3 is 0 Å². The smallest absolute Gasteiger partial charge is 0.246 e. The molecule has 0 radical (unpaired) electrons. The van der Waals surface area contributed by atoms with E-state index in [1.165, 1.54) is 5.39 Å². The van der Waals surface area contributed by atoms with E-state index in [4.69, 9.17) is 4.74 Å². The molecule has 0 spiro atoms. The quantitative estimate of drug-likeness (QED) is 0.794. The Bertz CT molecular complexity index is 692. The molecule has 3 nitrogen and oxygen atoms in total.